The maximum Gasteiger partial charge on any atom is 0.407 e. The van der Waals surface area contributed by atoms with Gasteiger partial charge in [0.05, 0.1) is 32.4 Å². The van der Waals surface area contributed by atoms with Gasteiger partial charge in [-0.15, -0.1) is 11.3 Å². The third kappa shape index (κ3) is 6.60. The molecule has 0 atom stereocenters. The second-order valence-corrected chi connectivity index (χ2v) is 11.9. The van der Waals surface area contributed by atoms with Gasteiger partial charge in [-0.2, -0.15) is 0 Å². The summed E-state index contributed by atoms with van der Waals surface area (Å²) in [4.78, 5) is 35.6. The standard InChI is InChI=1S/C28H36N4O3S/c1-17-25(36-18(2)31-17)24-14-22(21-8-6-7-9-23(21)32-24)26(33)29-15-19-10-12-20(13-11-19)16-30-27(34)35-28(3,4)5/h6-9,14,19-20H,10-13,15-16H2,1-5H3,(H,29,33)(H,30,34)/t19-,20-. The number of para-hydroxylation sites is 1. The molecule has 0 bridgehead atoms. The van der Waals surface area contributed by atoms with Crippen molar-refractivity contribution in [3.63, 3.8) is 0 Å². The first kappa shape index (κ1) is 26.1. The van der Waals surface area contributed by atoms with Crippen LogP contribution in [-0.2, 0) is 4.74 Å². The lowest BCUT2D eigenvalue weighted by atomic mass is 9.82. The largest absolute Gasteiger partial charge is 0.444 e. The third-order valence-electron chi connectivity index (χ3n) is 6.55. The summed E-state index contributed by atoms with van der Waals surface area (Å²) in [6.07, 6.45) is 3.76. The Labute approximate surface area is 217 Å². The molecule has 0 spiro atoms. The number of alkyl carbamates (subject to hydrolysis) is 1. The lowest BCUT2D eigenvalue weighted by Crippen LogP contribution is -2.37. The van der Waals surface area contributed by atoms with Crippen LogP contribution in [0, 0.1) is 25.7 Å². The molecular formula is C28H36N4O3S. The number of fused-ring (bicyclic) bond motifs is 1. The zero-order valence-electron chi connectivity index (χ0n) is 21.8. The number of benzene rings is 1. The number of hydrogen-bond acceptors (Lipinski definition) is 6. The smallest absolute Gasteiger partial charge is 0.407 e. The van der Waals surface area contributed by atoms with E-state index in [9.17, 15) is 9.59 Å². The fourth-order valence-corrected chi connectivity index (χ4v) is 5.64. The molecular weight excluding hydrogens is 472 g/mol. The molecule has 192 valence electrons. The highest BCUT2D eigenvalue weighted by atomic mass is 32.1. The lowest BCUT2D eigenvalue weighted by Gasteiger charge is -2.29. The van der Waals surface area contributed by atoms with E-state index < -0.39 is 5.60 Å². The van der Waals surface area contributed by atoms with E-state index in [1.165, 1.54) is 0 Å². The Bertz CT molecular complexity index is 1240. The topological polar surface area (TPSA) is 93.2 Å². The number of rotatable bonds is 6. The summed E-state index contributed by atoms with van der Waals surface area (Å²) in [6.45, 7) is 10.8. The average molecular weight is 509 g/mol. The zero-order valence-corrected chi connectivity index (χ0v) is 22.6. The number of carbonyl (C=O) groups is 2. The molecule has 0 unspecified atom stereocenters. The molecule has 0 radical (unpaired) electrons. The van der Waals surface area contributed by atoms with Gasteiger partial charge in [0.2, 0.25) is 0 Å². The first-order valence-corrected chi connectivity index (χ1v) is 13.5. The number of carbonyl (C=O) groups excluding carboxylic acids is 2. The molecule has 1 fully saturated rings. The molecule has 1 aromatic carbocycles. The van der Waals surface area contributed by atoms with Crippen molar-refractivity contribution < 1.29 is 14.3 Å². The van der Waals surface area contributed by atoms with Crippen molar-refractivity contribution in [3.05, 3.63) is 46.6 Å². The molecule has 2 heterocycles. The van der Waals surface area contributed by atoms with Crippen LogP contribution >= 0.6 is 11.3 Å². The quantitative estimate of drug-likeness (QED) is 0.424. The average Bonchev–Trinajstić information content (AvgIpc) is 3.17. The van der Waals surface area contributed by atoms with Crippen LogP contribution in [0.5, 0.6) is 0 Å². The van der Waals surface area contributed by atoms with Crippen LogP contribution in [0.15, 0.2) is 30.3 Å². The summed E-state index contributed by atoms with van der Waals surface area (Å²) in [6, 6.07) is 9.69. The van der Waals surface area contributed by atoms with Crippen molar-refractivity contribution >= 4 is 34.2 Å². The van der Waals surface area contributed by atoms with Crippen molar-refractivity contribution in [1.29, 1.82) is 0 Å². The Hall–Kier alpha value is -3.00. The van der Waals surface area contributed by atoms with E-state index in [1.807, 2.05) is 65.0 Å². The van der Waals surface area contributed by atoms with E-state index in [1.54, 1.807) is 11.3 Å². The van der Waals surface area contributed by atoms with E-state index in [0.717, 1.165) is 57.9 Å². The molecule has 7 nitrogen and oxygen atoms in total. The Morgan fingerprint density at radius 1 is 1.00 bits per heavy atom. The summed E-state index contributed by atoms with van der Waals surface area (Å²) in [5, 5.41) is 7.92. The van der Waals surface area contributed by atoms with Crippen LogP contribution in [0.4, 0.5) is 4.79 Å². The highest BCUT2D eigenvalue weighted by molar-refractivity contribution is 7.15. The van der Waals surface area contributed by atoms with Crippen LogP contribution in [-0.4, -0.2) is 40.7 Å². The monoisotopic (exact) mass is 508 g/mol. The Balaban J connectivity index is 1.36. The van der Waals surface area contributed by atoms with Gasteiger partial charge in [0, 0.05) is 18.5 Å². The SMILES string of the molecule is Cc1nc(C)c(-c2cc(C(=O)NC[C@H]3CC[C@H](CNC(=O)OC(C)(C)C)CC3)c3ccccc3n2)s1. The molecule has 4 rings (SSSR count). The Kier molecular flexibility index (Phi) is 7.93. The van der Waals surface area contributed by atoms with Crippen molar-refractivity contribution in [2.45, 2.75) is 65.9 Å². The van der Waals surface area contributed by atoms with Gasteiger partial charge in [-0.05, 0) is 84.3 Å². The van der Waals surface area contributed by atoms with Gasteiger partial charge in [0.1, 0.15) is 5.60 Å². The van der Waals surface area contributed by atoms with E-state index in [4.69, 9.17) is 9.72 Å². The first-order chi connectivity index (χ1) is 17.1. The summed E-state index contributed by atoms with van der Waals surface area (Å²) >= 11 is 1.60. The number of amides is 2. The second kappa shape index (κ2) is 10.9. The fourth-order valence-electron chi connectivity index (χ4n) is 4.76. The fraction of sp³-hybridized carbons (Fsp3) is 0.500. The van der Waals surface area contributed by atoms with Crippen LogP contribution < -0.4 is 10.6 Å². The van der Waals surface area contributed by atoms with Gasteiger partial charge in [0.25, 0.3) is 5.91 Å². The van der Waals surface area contributed by atoms with Crippen molar-refractivity contribution in [2.24, 2.45) is 11.8 Å². The molecule has 0 aliphatic heterocycles. The van der Waals surface area contributed by atoms with E-state index in [0.29, 0.717) is 30.5 Å². The predicted octanol–water partition coefficient (Wildman–Crippen LogP) is 6.04. The van der Waals surface area contributed by atoms with Gasteiger partial charge in [-0.25, -0.2) is 14.8 Å². The Morgan fingerprint density at radius 2 is 1.64 bits per heavy atom. The highest BCUT2D eigenvalue weighted by Gasteiger charge is 2.24. The van der Waals surface area contributed by atoms with Gasteiger partial charge in [-0.1, -0.05) is 18.2 Å². The molecule has 1 aliphatic carbocycles. The lowest BCUT2D eigenvalue weighted by molar-refractivity contribution is 0.0512. The third-order valence-corrected chi connectivity index (χ3v) is 7.64. The predicted molar refractivity (Wildman–Crippen MR) is 144 cm³/mol. The maximum atomic E-state index is 13.3. The zero-order chi connectivity index (χ0) is 25.9. The first-order valence-electron chi connectivity index (χ1n) is 12.7. The van der Waals surface area contributed by atoms with Gasteiger partial charge in [-0.3, -0.25) is 4.79 Å². The second-order valence-electron chi connectivity index (χ2n) is 10.7. The molecule has 8 heteroatoms. The van der Waals surface area contributed by atoms with Crippen molar-refractivity contribution in [1.82, 2.24) is 20.6 Å². The number of thiazole rings is 1. The Morgan fingerprint density at radius 3 is 2.25 bits per heavy atom. The maximum absolute atomic E-state index is 13.3. The van der Waals surface area contributed by atoms with Crippen molar-refractivity contribution in [2.75, 3.05) is 13.1 Å². The minimum atomic E-state index is -0.487. The normalized spacial score (nSPS) is 18.1. The summed E-state index contributed by atoms with van der Waals surface area (Å²) in [7, 11) is 0. The highest BCUT2D eigenvalue weighted by Crippen LogP contribution is 2.32. The number of aromatic nitrogens is 2. The summed E-state index contributed by atoms with van der Waals surface area (Å²) in [5.41, 5.74) is 2.70. The van der Waals surface area contributed by atoms with Gasteiger partial charge in [0.15, 0.2) is 0 Å². The molecule has 1 saturated carbocycles. The molecule has 1 aliphatic rings. The molecule has 0 saturated heterocycles. The minimum Gasteiger partial charge on any atom is -0.444 e. The summed E-state index contributed by atoms with van der Waals surface area (Å²) in [5.74, 6) is 0.815. The van der Waals surface area contributed by atoms with E-state index >= 15 is 0 Å². The van der Waals surface area contributed by atoms with Gasteiger partial charge >= 0.3 is 6.09 Å². The number of pyridine rings is 1. The van der Waals surface area contributed by atoms with Crippen LogP contribution in [0.2, 0.25) is 0 Å². The molecule has 2 amide bonds. The molecule has 2 aromatic heterocycles. The van der Waals surface area contributed by atoms with E-state index in [2.05, 4.69) is 15.6 Å². The molecule has 3 aromatic rings. The summed E-state index contributed by atoms with van der Waals surface area (Å²) < 4.78 is 5.33. The number of hydrogen-bond donors (Lipinski definition) is 2. The number of nitrogens with one attached hydrogen (secondary N) is 2. The van der Waals surface area contributed by atoms with Crippen molar-refractivity contribution in [3.8, 4) is 10.6 Å². The molecule has 36 heavy (non-hydrogen) atoms. The minimum absolute atomic E-state index is 0.0672. The number of aryl methyl sites for hydroxylation is 2. The number of ether oxygens (including phenoxy) is 1. The van der Waals surface area contributed by atoms with E-state index in [-0.39, 0.29) is 12.0 Å². The van der Waals surface area contributed by atoms with Crippen LogP contribution in [0.1, 0.15) is 67.5 Å². The van der Waals surface area contributed by atoms with Crippen LogP contribution in [0.25, 0.3) is 21.5 Å². The van der Waals surface area contributed by atoms with Crippen LogP contribution in [0.3, 0.4) is 0 Å². The number of nitrogens with zero attached hydrogens (tertiary/aromatic N) is 2. The molecule has 2 N–H and O–H groups in total. The van der Waals surface area contributed by atoms with Gasteiger partial charge < -0.3 is 15.4 Å².